The van der Waals surface area contributed by atoms with Crippen molar-refractivity contribution in [3.8, 4) is 0 Å². The van der Waals surface area contributed by atoms with Crippen molar-refractivity contribution < 1.29 is 0 Å². The van der Waals surface area contributed by atoms with Crippen molar-refractivity contribution in [2.24, 2.45) is 11.3 Å². The van der Waals surface area contributed by atoms with Crippen molar-refractivity contribution >= 4 is 0 Å². The Labute approximate surface area is 83.3 Å². The van der Waals surface area contributed by atoms with Crippen LogP contribution in [-0.2, 0) is 0 Å². The van der Waals surface area contributed by atoms with Gasteiger partial charge in [0, 0.05) is 0 Å². The van der Waals surface area contributed by atoms with Crippen LogP contribution < -0.4 is 5.32 Å². The molecule has 0 aromatic rings. The molecule has 1 heteroatoms. The van der Waals surface area contributed by atoms with Crippen LogP contribution in [0.15, 0.2) is 0 Å². The molecule has 0 amide bonds. The molecule has 13 heavy (non-hydrogen) atoms. The smallest absolute Gasteiger partial charge is 0.00468 e. The fourth-order valence-corrected chi connectivity index (χ4v) is 2.56. The van der Waals surface area contributed by atoms with Crippen molar-refractivity contribution in [3.05, 3.63) is 0 Å². The third-order valence-electron chi connectivity index (χ3n) is 3.37. The van der Waals surface area contributed by atoms with Gasteiger partial charge in [0.1, 0.15) is 0 Å². The minimum atomic E-state index is 0.554. The topological polar surface area (TPSA) is 12.0 Å². The average molecular weight is 183 g/mol. The van der Waals surface area contributed by atoms with Crippen LogP contribution in [0.5, 0.6) is 0 Å². The Bertz CT molecular complexity index is 134. The van der Waals surface area contributed by atoms with Crippen LogP contribution in [0.2, 0.25) is 0 Å². The van der Waals surface area contributed by atoms with E-state index < -0.39 is 0 Å². The van der Waals surface area contributed by atoms with Gasteiger partial charge in [-0.25, -0.2) is 0 Å². The van der Waals surface area contributed by atoms with Gasteiger partial charge in [-0.1, -0.05) is 39.5 Å². The second-order valence-corrected chi connectivity index (χ2v) is 5.37. The molecule has 1 N–H and O–H groups in total. The summed E-state index contributed by atoms with van der Waals surface area (Å²) in [6, 6.07) is 0. The van der Waals surface area contributed by atoms with Gasteiger partial charge in [-0.15, -0.1) is 0 Å². The average Bonchev–Trinajstić information content (AvgIpc) is 2.52. The zero-order chi connectivity index (χ0) is 9.73. The summed E-state index contributed by atoms with van der Waals surface area (Å²) in [5.41, 5.74) is 0.554. The Morgan fingerprint density at radius 3 is 2.38 bits per heavy atom. The lowest BCUT2D eigenvalue weighted by Crippen LogP contribution is -2.21. The molecule has 1 saturated carbocycles. The first kappa shape index (κ1) is 11.0. The van der Waals surface area contributed by atoms with Gasteiger partial charge < -0.3 is 5.32 Å². The van der Waals surface area contributed by atoms with Crippen LogP contribution in [0, 0.1) is 11.3 Å². The van der Waals surface area contributed by atoms with Crippen molar-refractivity contribution in [1.29, 1.82) is 0 Å². The Hall–Kier alpha value is -0.0400. The first-order chi connectivity index (χ1) is 6.14. The largest absolute Gasteiger partial charge is 0.320 e. The molecule has 1 aliphatic rings. The second-order valence-electron chi connectivity index (χ2n) is 5.37. The predicted octanol–water partition coefficient (Wildman–Crippen LogP) is 3.20. The SMILES string of the molecule is CNCCC(C)(C)CC1CCCC1. The molecular formula is C12H25N. The third kappa shape index (κ3) is 4.12. The predicted molar refractivity (Wildman–Crippen MR) is 58.9 cm³/mol. The highest BCUT2D eigenvalue weighted by molar-refractivity contribution is 4.77. The van der Waals surface area contributed by atoms with Gasteiger partial charge in [0.15, 0.2) is 0 Å². The zero-order valence-electron chi connectivity index (χ0n) is 9.53. The Morgan fingerprint density at radius 1 is 1.23 bits per heavy atom. The van der Waals surface area contributed by atoms with Gasteiger partial charge in [-0.3, -0.25) is 0 Å². The summed E-state index contributed by atoms with van der Waals surface area (Å²) in [4.78, 5) is 0. The molecule has 78 valence electrons. The maximum Gasteiger partial charge on any atom is -0.00468 e. The Kier molecular flexibility index (Phi) is 4.24. The monoisotopic (exact) mass is 183 g/mol. The maximum absolute atomic E-state index is 3.25. The minimum Gasteiger partial charge on any atom is -0.320 e. The van der Waals surface area contributed by atoms with E-state index >= 15 is 0 Å². The van der Waals surface area contributed by atoms with Crippen LogP contribution >= 0.6 is 0 Å². The lowest BCUT2D eigenvalue weighted by molar-refractivity contribution is 0.248. The lowest BCUT2D eigenvalue weighted by Gasteiger charge is -2.27. The molecule has 0 bridgehead atoms. The summed E-state index contributed by atoms with van der Waals surface area (Å²) in [6.45, 7) is 6.01. The molecule has 0 heterocycles. The Morgan fingerprint density at radius 2 is 1.85 bits per heavy atom. The third-order valence-corrected chi connectivity index (χ3v) is 3.37. The molecule has 0 radical (unpaired) electrons. The van der Waals surface area contributed by atoms with Gasteiger partial charge in [-0.05, 0) is 37.8 Å². The number of hydrogen-bond acceptors (Lipinski definition) is 1. The lowest BCUT2D eigenvalue weighted by atomic mass is 9.79. The molecule has 0 spiro atoms. The molecular weight excluding hydrogens is 158 g/mol. The van der Waals surface area contributed by atoms with Gasteiger partial charge in [0.05, 0.1) is 0 Å². The van der Waals surface area contributed by atoms with Crippen LogP contribution in [0.1, 0.15) is 52.4 Å². The van der Waals surface area contributed by atoms with E-state index in [0.717, 1.165) is 5.92 Å². The normalized spacial score (nSPS) is 19.6. The van der Waals surface area contributed by atoms with Gasteiger partial charge in [-0.2, -0.15) is 0 Å². The van der Waals surface area contributed by atoms with Gasteiger partial charge in [0.2, 0.25) is 0 Å². The molecule has 0 aliphatic heterocycles. The van der Waals surface area contributed by atoms with E-state index in [1.54, 1.807) is 0 Å². The molecule has 1 rings (SSSR count). The molecule has 1 aliphatic carbocycles. The van der Waals surface area contributed by atoms with E-state index in [-0.39, 0.29) is 0 Å². The summed E-state index contributed by atoms with van der Waals surface area (Å²) in [5.74, 6) is 1.03. The molecule has 1 fully saturated rings. The highest BCUT2D eigenvalue weighted by Crippen LogP contribution is 2.37. The summed E-state index contributed by atoms with van der Waals surface area (Å²) in [5, 5.41) is 3.25. The summed E-state index contributed by atoms with van der Waals surface area (Å²) < 4.78 is 0. The van der Waals surface area contributed by atoms with Crippen LogP contribution in [0.3, 0.4) is 0 Å². The van der Waals surface area contributed by atoms with Crippen LogP contribution in [0.25, 0.3) is 0 Å². The van der Waals surface area contributed by atoms with E-state index in [2.05, 4.69) is 19.2 Å². The zero-order valence-corrected chi connectivity index (χ0v) is 9.53. The quantitative estimate of drug-likeness (QED) is 0.690. The van der Waals surface area contributed by atoms with E-state index in [9.17, 15) is 0 Å². The van der Waals surface area contributed by atoms with Crippen molar-refractivity contribution in [2.45, 2.75) is 52.4 Å². The highest BCUT2D eigenvalue weighted by Gasteiger charge is 2.24. The van der Waals surface area contributed by atoms with Gasteiger partial charge in [0.25, 0.3) is 0 Å². The first-order valence-corrected chi connectivity index (χ1v) is 5.79. The fourth-order valence-electron chi connectivity index (χ4n) is 2.56. The highest BCUT2D eigenvalue weighted by atomic mass is 14.8. The van der Waals surface area contributed by atoms with Crippen molar-refractivity contribution in [3.63, 3.8) is 0 Å². The van der Waals surface area contributed by atoms with E-state index in [4.69, 9.17) is 0 Å². The van der Waals surface area contributed by atoms with Crippen LogP contribution in [0.4, 0.5) is 0 Å². The standard InChI is InChI=1S/C12H25N/c1-12(2,8-9-13-3)10-11-6-4-5-7-11/h11,13H,4-10H2,1-3H3. The second kappa shape index (κ2) is 4.99. The molecule has 0 aromatic heterocycles. The number of nitrogens with one attached hydrogen (secondary N) is 1. The summed E-state index contributed by atoms with van der Waals surface area (Å²) in [7, 11) is 2.05. The molecule has 0 atom stereocenters. The summed E-state index contributed by atoms with van der Waals surface area (Å²) in [6.07, 6.45) is 8.69. The van der Waals surface area contributed by atoms with Crippen molar-refractivity contribution in [1.82, 2.24) is 5.32 Å². The summed E-state index contributed by atoms with van der Waals surface area (Å²) >= 11 is 0. The molecule has 0 unspecified atom stereocenters. The van der Waals surface area contributed by atoms with E-state index in [1.165, 1.54) is 45.1 Å². The molecule has 0 aromatic carbocycles. The minimum absolute atomic E-state index is 0.554. The number of hydrogen-bond donors (Lipinski definition) is 1. The van der Waals surface area contributed by atoms with E-state index in [0.29, 0.717) is 5.41 Å². The molecule has 0 saturated heterocycles. The van der Waals surface area contributed by atoms with Crippen molar-refractivity contribution in [2.75, 3.05) is 13.6 Å². The number of rotatable bonds is 5. The maximum atomic E-state index is 3.25. The molecule has 1 nitrogen and oxygen atoms in total. The fraction of sp³-hybridized carbons (Fsp3) is 1.00. The van der Waals surface area contributed by atoms with Gasteiger partial charge >= 0.3 is 0 Å². The Balaban J connectivity index is 2.23. The first-order valence-electron chi connectivity index (χ1n) is 5.79. The van der Waals surface area contributed by atoms with E-state index in [1.807, 2.05) is 7.05 Å². The van der Waals surface area contributed by atoms with Crippen LogP contribution in [-0.4, -0.2) is 13.6 Å².